The number of carbonyl (C=O) groups is 1. The van der Waals surface area contributed by atoms with Crippen LogP contribution in [0, 0.1) is 0 Å². The van der Waals surface area contributed by atoms with Crippen molar-refractivity contribution in [2.24, 2.45) is 0 Å². The molecule has 0 aliphatic heterocycles. The molecule has 0 unspecified atom stereocenters. The van der Waals surface area contributed by atoms with Crippen molar-refractivity contribution < 1.29 is 22.7 Å². The van der Waals surface area contributed by atoms with Gasteiger partial charge in [-0.3, -0.25) is 0 Å². The van der Waals surface area contributed by atoms with Gasteiger partial charge in [-0.25, -0.2) is 13.2 Å². The SMILES string of the molecule is COC(=O)c1ccc(S(=O)(=O)N(C)CCOc2ccc(Cl)cc2)cc1. The number of hydrogen-bond donors (Lipinski definition) is 0. The lowest BCUT2D eigenvalue weighted by Crippen LogP contribution is -2.31. The fraction of sp³-hybridized carbons (Fsp3) is 0.235. The lowest BCUT2D eigenvalue weighted by atomic mass is 10.2. The first-order chi connectivity index (χ1) is 11.8. The lowest BCUT2D eigenvalue weighted by Gasteiger charge is -2.17. The van der Waals surface area contributed by atoms with Gasteiger partial charge in [-0.2, -0.15) is 4.31 Å². The summed E-state index contributed by atoms with van der Waals surface area (Å²) in [7, 11) is -0.937. The number of sulfonamides is 1. The predicted molar refractivity (Wildman–Crippen MR) is 94.5 cm³/mol. The molecule has 0 aromatic heterocycles. The zero-order valence-corrected chi connectivity index (χ0v) is 15.4. The van der Waals surface area contributed by atoms with E-state index >= 15 is 0 Å². The highest BCUT2D eigenvalue weighted by Crippen LogP contribution is 2.17. The highest BCUT2D eigenvalue weighted by Gasteiger charge is 2.21. The molecule has 0 amide bonds. The summed E-state index contributed by atoms with van der Waals surface area (Å²) in [5.41, 5.74) is 0.287. The first kappa shape index (κ1) is 19.2. The Labute approximate surface area is 152 Å². The minimum atomic E-state index is -3.67. The van der Waals surface area contributed by atoms with Gasteiger partial charge in [-0.1, -0.05) is 11.6 Å². The van der Waals surface area contributed by atoms with Crippen molar-refractivity contribution in [1.29, 1.82) is 0 Å². The van der Waals surface area contributed by atoms with Crippen LogP contribution >= 0.6 is 11.6 Å². The zero-order valence-electron chi connectivity index (χ0n) is 13.8. The number of nitrogens with zero attached hydrogens (tertiary/aromatic N) is 1. The van der Waals surface area contributed by atoms with E-state index in [2.05, 4.69) is 4.74 Å². The van der Waals surface area contributed by atoms with Crippen LogP contribution in [-0.2, 0) is 14.8 Å². The maximum Gasteiger partial charge on any atom is 0.337 e. The normalized spacial score (nSPS) is 11.4. The van der Waals surface area contributed by atoms with Crippen molar-refractivity contribution in [2.45, 2.75) is 4.90 Å². The molecular formula is C17H18ClNO5S. The van der Waals surface area contributed by atoms with Gasteiger partial charge in [0.2, 0.25) is 10.0 Å². The molecule has 0 radical (unpaired) electrons. The molecule has 8 heteroatoms. The molecule has 0 bridgehead atoms. The monoisotopic (exact) mass is 383 g/mol. The molecule has 2 aromatic rings. The van der Waals surface area contributed by atoms with Gasteiger partial charge in [0.05, 0.1) is 17.6 Å². The van der Waals surface area contributed by atoms with Gasteiger partial charge in [0.15, 0.2) is 0 Å². The van der Waals surface area contributed by atoms with Gasteiger partial charge in [0.25, 0.3) is 0 Å². The summed E-state index contributed by atoms with van der Waals surface area (Å²) in [5.74, 6) is 0.0892. The average molecular weight is 384 g/mol. The summed E-state index contributed by atoms with van der Waals surface area (Å²) in [5, 5.41) is 0.599. The maximum atomic E-state index is 12.5. The molecule has 2 aromatic carbocycles. The standard InChI is InChI=1S/C17H18ClNO5S/c1-19(11-12-24-15-7-5-14(18)6-8-15)25(21,22)16-9-3-13(4-10-16)17(20)23-2/h3-10H,11-12H2,1-2H3. The van der Waals surface area contributed by atoms with E-state index in [0.717, 1.165) is 0 Å². The third-order valence-corrected chi connectivity index (χ3v) is 5.60. The number of hydrogen-bond acceptors (Lipinski definition) is 5. The van der Waals surface area contributed by atoms with Gasteiger partial charge in [0, 0.05) is 18.6 Å². The molecule has 0 spiro atoms. The van der Waals surface area contributed by atoms with Crippen molar-refractivity contribution in [3.05, 3.63) is 59.1 Å². The summed E-state index contributed by atoms with van der Waals surface area (Å²) in [6.45, 7) is 0.362. The number of esters is 1. The van der Waals surface area contributed by atoms with Crippen LogP contribution in [0.25, 0.3) is 0 Å². The van der Waals surface area contributed by atoms with Crippen LogP contribution in [0.2, 0.25) is 5.02 Å². The maximum absolute atomic E-state index is 12.5. The van der Waals surface area contributed by atoms with Gasteiger partial charge < -0.3 is 9.47 Å². The van der Waals surface area contributed by atoms with Crippen molar-refractivity contribution in [2.75, 3.05) is 27.3 Å². The van der Waals surface area contributed by atoms with E-state index in [4.69, 9.17) is 16.3 Å². The van der Waals surface area contributed by atoms with Crippen LogP contribution in [-0.4, -0.2) is 46.0 Å². The third kappa shape index (κ3) is 4.94. The number of benzene rings is 2. The number of ether oxygens (including phenoxy) is 2. The largest absolute Gasteiger partial charge is 0.492 e. The number of carbonyl (C=O) groups excluding carboxylic acids is 1. The van der Waals surface area contributed by atoms with Crippen molar-refractivity contribution in [3.63, 3.8) is 0 Å². The zero-order chi connectivity index (χ0) is 18.4. The molecule has 0 heterocycles. The lowest BCUT2D eigenvalue weighted by molar-refractivity contribution is 0.0600. The smallest absolute Gasteiger partial charge is 0.337 e. The second-order valence-corrected chi connectivity index (χ2v) is 7.63. The Morgan fingerprint density at radius 2 is 1.68 bits per heavy atom. The Hall–Kier alpha value is -2.09. The molecule has 0 atom stereocenters. The van der Waals surface area contributed by atoms with E-state index in [-0.39, 0.29) is 23.6 Å². The molecule has 0 aliphatic carbocycles. The highest BCUT2D eigenvalue weighted by molar-refractivity contribution is 7.89. The van der Waals surface area contributed by atoms with Crippen LogP contribution in [0.3, 0.4) is 0 Å². The van der Waals surface area contributed by atoms with Crippen LogP contribution < -0.4 is 4.74 Å². The van der Waals surface area contributed by atoms with Gasteiger partial charge in [0.1, 0.15) is 12.4 Å². The van der Waals surface area contributed by atoms with Gasteiger partial charge >= 0.3 is 5.97 Å². The van der Waals surface area contributed by atoms with E-state index in [1.54, 1.807) is 24.3 Å². The second kappa shape index (κ2) is 8.33. The second-order valence-electron chi connectivity index (χ2n) is 5.14. The number of likely N-dealkylation sites (N-methyl/N-ethyl adjacent to an activating group) is 1. The summed E-state index contributed by atoms with van der Waals surface area (Å²) in [6.07, 6.45) is 0. The fourth-order valence-electron chi connectivity index (χ4n) is 2.00. The van der Waals surface area contributed by atoms with Crippen molar-refractivity contribution in [3.8, 4) is 5.75 Å². The molecule has 25 heavy (non-hydrogen) atoms. The first-order valence-corrected chi connectivity index (χ1v) is 9.19. The topological polar surface area (TPSA) is 72.9 Å². The van der Waals surface area contributed by atoms with Crippen LogP contribution in [0.4, 0.5) is 0 Å². The molecule has 0 saturated carbocycles. The van der Waals surface area contributed by atoms with Crippen LogP contribution in [0.1, 0.15) is 10.4 Å². The van der Waals surface area contributed by atoms with E-state index in [0.29, 0.717) is 10.8 Å². The Bertz CT molecular complexity index is 819. The Balaban J connectivity index is 1.98. The predicted octanol–water partition coefficient (Wildman–Crippen LogP) is 2.83. The molecule has 2 rings (SSSR count). The van der Waals surface area contributed by atoms with E-state index in [9.17, 15) is 13.2 Å². The van der Waals surface area contributed by atoms with Crippen LogP contribution in [0.5, 0.6) is 5.75 Å². The fourth-order valence-corrected chi connectivity index (χ4v) is 3.28. The molecular weight excluding hydrogens is 366 g/mol. The van der Waals surface area contributed by atoms with E-state index < -0.39 is 16.0 Å². The highest BCUT2D eigenvalue weighted by atomic mass is 35.5. The van der Waals surface area contributed by atoms with Crippen molar-refractivity contribution in [1.82, 2.24) is 4.31 Å². The quantitative estimate of drug-likeness (QED) is 0.687. The molecule has 134 valence electrons. The molecule has 0 N–H and O–H groups in total. The summed E-state index contributed by atoms with van der Waals surface area (Å²) < 4.78 is 36.3. The van der Waals surface area contributed by atoms with Crippen molar-refractivity contribution >= 4 is 27.6 Å². The summed E-state index contributed by atoms with van der Waals surface area (Å²) in [4.78, 5) is 11.5. The Morgan fingerprint density at radius 3 is 2.24 bits per heavy atom. The summed E-state index contributed by atoms with van der Waals surface area (Å²) in [6, 6.07) is 12.4. The molecule has 0 fully saturated rings. The Kier molecular flexibility index (Phi) is 6.41. The molecule has 0 saturated heterocycles. The Morgan fingerprint density at radius 1 is 1.08 bits per heavy atom. The third-order valence-electron chi connectivity index (χ3n) is 3.47. The number of rotatable bonds is 7. The van der Waals surface area contributed by atoms with Gasteiger partial charge in [-0.15, -0.1) is 0 Å². The van der Waals surface area contributed by atoms with Gasteiger partial charge in [-0.05, 0) is 48.5 Å². The van der Waals surface area contributed by atoms with Crippen LogP contribution in [0.15, 0.2) is 53.4 Å². The molecule has 6 nitrogen and oxygen atoms in total. The first-order valence-electron chi connectivity index (χ1n) is 7.37. The van der Waals surface area contributed by atoms with E-state index in [1.165, 1.54) is 42.7 Å². The summed E-state index contributed by atoms with van der Waals surface area (Å²) >= 11 is 5.79. The number of halogens is 1. The minimum absolute atomic E-state index is 0.0918. The average Bonchev–Trinajstić information content (AvgIpc) is 2.62. The molecule has 0 aliphatic rings. The minimum Gasteiger partial charge on any atom is -0.492 e. The van der Waals surface area contributed by atoms with E-state index in [1.807, 2.05) is 0 Å². The number of methoxy groups -OCH3 is 1.